The minimum Gasteiger partial charge on any atom is -0.487 e. The summed E-state index contributed by atoms with van der Waals surface area (Å²) in [6.45, 7) is 3.74. The maximum absolute atomic E-state index is 13.3. The van der Waals surface area contributed by atoms with Crippen molar-refractivity contribution in [2.45, 2.75) is 26.6 Å². The smallest absolute Gasteiger partial charge is 0.131 e. The van der Waals surface area contributed by atoms with Crippen LogP contribution in [0.2, 0.25) is 0 Å². The number of hydrogen-bond acceptors (Lipinski definition) is 3. The Bertz CT molecular complexity index is 626. The van der Waals surface area contributed by atoms with Gasteiger partial charge in [-0.1, -0.05) is 0 Å². The van der Waals surface area contributed by atoms with Crippen LogP contribution in [0.15, 0.2) is 22.7 Å². The molecule has 4 nitrogen and oxygen atoms in total. The molecule has 0 saturated heterocycles. The van der Waals surface area contributed by atoms with Crippen LogP contribution in [-0.4, -0.2) is 14.9 Å². The first kappa shape index (κ1) is 15.0. The van der Waals surface area contributed by atoms with Crippen LogP contribution in [0.3, 0.4) is 0 Å². The summed E-state index contributed by atoms with van der Waals surface area (Å²) < 4.78 is 21.5. The van der Waals surface area contributed by atoms with Gasteiger partial charge in [-0.15, -0.1) is 0 Å². The highest BCUT2D eigenvalue weighted by atomic mass is 79.9. The van der Waals surface area contributed by atoms with Crippen LogP contribution in [0.5, 0.6) is 5.75 Å². The third kappa shape index (κ3) is 3.02. The van der Waals surface area contributed by atoms with E-state index in [-0.39, 0.29) is 6.61 Å². The van der Waals surface area contributed by atoms with Crippen molar-refractivity contribution in [1.82, 2.24) is 9.78 Å². The van der Waals surface area contributed by atoms with E-state index in [0.717, 1.165) is 15.9 Å². The standard InChI is InChI=1S/C14H16BrFN2O2/c1-8-14(15)12(18(3)17-8)7-20-13-6-10(16)4-5-11(13)9(2)19/h4-6,9,19H,7H2,1-3H3/t9-/m0/s1. The topological polar surface area (TPSA) is 47.3 Å². The number of hydrogen-bond donors (Lipinski definition) is 1. The lowest BCUT2D eigenvalue weighted by Gasteiger charge is -2.14. The number of benzene rings is 1. The normalized spacial score (nSPS) is 12.5. The second kappa shape index (κ2) is 5.93. The van der Waals surface area contributed by atoms with Crippen LogP contribution < -0.4 is 4.74 Å². The summed E-state index contributed by atoms with van der Waals surface area (Å²) in [6, 6.07) is 4.11. The summed E-state index contributed by atoms with van der Waals surface area (Å²) in [6.07, 6.45) is -0.720. The predicted octanol–water partition coefficient (Wildman–Crippen LogP) is 3.26. The fraction of sp³-hybridized carbons (Fsp3) is 0.357. The number of aromatic nitrogens is 2. The van der Waals surface area contributed by atoms with E-state index in [1.807, 2.05) is 14.0 Å². The average Bonchev–Trinajstić information content (AvgIpc) is 2.61. The lowest BCUT2D eigenvalue weighted by Crippen LogP contribution is -2.06. The van der Waals surface area contributed by atoms with E-state index in [9.17, 15) is 9.50 Å². The molecule has 0 aliphatic carbocycles. The van der Waals surface area contributed by atoms with Crippen molar-refractivity contribution in [2.24, 2.45) is 7.05 Å². The summed E-state index contributed by atoms with van der Waals surface area (Å²) in [5.41, 5.74) is 2.27. The highest BCUT2D eigenvalue weighted by molar-refractivity contribution is 9.10. The summed E-state index contributed by atoms with van der Waals surface area (Å²) in [5.74, 6) is -0.0598. The molecule has 1 heterocycles. The van der Waals surface area contributed by atoms with Crippen LogP contribution >= 0.6 is 15.9 Å². The molecule has 1 atom stereocenters. The Balaban J connectivity index is 2.24. The van der Waals surface area contributed by atoms with Crippen molar-refractivity contribution in [3.63, 3.8) is 0 Å². The molecule has 0 unspecified atom stereocenters. The van der Waals surface area contributed by atoms with E-state index in [4.69, 9.17) is 4.74 Å². The van der Waals surface area contributed by atoms with Crippen LogP contribution in [0.4, 0.5) is 4.39 Å². The van der Waals surface area contributed by atoms with Crippen molar-refractivity contribution >= 4 is 15.9 Å². The van der Waals surface area contributed by atoms with E-state index in [1.165, 1.54) is 18.2 Å². The number of aliphatic hydroxyl groups is 1. The number of aryl methyl sites for hydroxylation is 2. The Morgan fingerprint density at radius 2 is 2.20 bits per heavy atom. The third-order valence-corrected chi connectivity index (χ3v) is 4.08. The van der Waals surface area contributed by atoms with Crippen molar-refractivity contribution in [3.05, 3.63) is 45.4 Å². The lowest BCUT2D eigenvalue weighted by molar-refractivity contribution is 0.189. The van der Waals surface area contributed by atoms with Crippen molar-refractivity contribution in [1.29, 1.82) is 0 Å². The fourth-order valence-electron chi connectivity index (χ4n) is 1.96. The van der Waals surface area contributed by atoms with Crippen LogP contribution in [-0.2, 0) is 13.7 Å². The zero-order chi connectivity index (χ0) is 14.9. The minimum atomic E-state index is -0.720. The van der Waals surface area contributed by atoms with Crippen molar-refractivity contribution in [3.8, 4) is 5.75 Å². The minimum absolute atomic E-state index is 0.237. The molecule has 6 heteroatoms. The highest BCUT2D eigenvalue weighted by Gasteiger charge is 2.14. The first-order chi connectivity index (χ1) is 9.40. The molecule has 1 aromatic carbocycles. The van der Waals surface area contributed by atoms with Gasteiger partial charge in [-0.25, -0.2) is 4.39 Å². The molecule has 0 amide bonds. The van der Waals surface area contributed by atoms with Gasteiger partial charge in [-0.2, -0.15) is 5.10 Å². The number of nitrogens with zero attached hydrogens (tertiary/aromatic N) is 2. The molecule has 108 valence electrons. The number of aliphatic hydroxyl groups excluding tert-OH is 1. The number of halogens is 2. The van der Waals surface area contributed by atoms with E-state index in [2.05, 4.69) is 21.0 Å². The van der Waals surface area contributed by atoms with E-state index in [0.29, 0.717) is 11.3 Å². The molecule has 2 aromatic rings. The molecule has 0 spiro atoms. The fourth-order valence-corrected chi connectivity index (χ4v) is 2.41. The molecule has 1 aromatic heterocycles. The van der Waals surface area contributed by atoms with Gasteiger partial charge in [0.15, 0.2) is 0 Å². The highest BCUT2D eigenvalue weighted by Crippen LogP contribution is 2.28. The summed E-state index contributed by atoms with van der Waals surface area (Å²) in [4.78, 5) is 0. The predicted molar refractivity (Wildman–Crippen MR) is 77.0 cm³/mol. The van der Waals surface area contributed by atoms with E-state index in [1.54, 1.807) is 11.6 Å². The van der Waals surface area contributed by atoms with Gasteiger partial charge in [0, 0.05) is 18.7 Å². The second-order valence-corrected chi connectivity index (χ2v) is 5.41. The van der Waals surface area contributed by atoms with E-state index < -0.39 is 11.9 Å². The maximum atomic E-state index is 13.3. The van der Waals surface area contributed by atoms with Gasteiger partial charge >= 0.3 is 0 Å². The molecular formula is C14H16BrFN2O2. The molecule has 0 radical (unpaired) electrons. The van der Waals surface area contributed by atoms with Crippen LogP contribution in [0.1, 0.15) is 30.0 Å². The molecule has 0 aliphatic heterocycles. The van der Waals surface area contributed by atoms with Gasteiger partial charge in [-0.05, 0) is 41.9 Å². The van der Waals surface area contributed by atoms with Crippen molar-refractivity contribution in [2.75, 3.05) is 0 Å². The van der Waals surface area contributed by atoms with Gasteiger partial charge in [0.25, 0.3) is 0 Å². The molecule has 1 N–H and O–H groups in total. The molecule has 0 bridgehead atoms. The summed E-state index contributed by atoms with van der Waals surface area (Å²) in [5, 5.41) is 13.9. The molecule has 0 fully saturated rings. The first-order valence-corrected chi connectivity index (χ1v) is 6.97. The first-order valence-electron chi connectivity index (χ1n) is 6.18. The molecular weight excluding hydrogens is 327 g/mol. The molecule has 0 saturated carbocycles. The van der Waals surface area contributed by atoms with E-state index >= 15 is 0 Å². The largest absolute Gasteiger partial charge is 0.487 e. The Hall–Kier alpha value is -1.40. The number of rotatable bonds is 4. The Labute approximate surface area is 125 Å². The average molecular weight is 343 g/mol. The second-order valence-electron chi connectivity index (χ2n) is 4.62. The monoisotopic (exact) mass is 342 g/mol. The van der Waals surface area contributed by atoms with Gasteiger partial charge in [0.05, 0.1) is 22.0 Å². The SMILES string of the molecule is Cc1nn(C)c(COc2cc(F)ccc2[C@H](C)O)c1Br. The Kier molecular flexibility index (Phi) is 4.45. The summed E-state index contributed by atoms with van der Waals surface area (Å²) in [7, 11) is 1.82. The third-order valence-electron chi connectivity index (χ3n) is 3.05. The zero-order valence-electron chi connectivity index (χ0n) is 11.5. The number of ether oxygens (including phenoxy) is 1. The van der Waals surface area contributed by atoms with Gasteiger partial charge < -0.3 is 9.84 Å². The van der Waals surface area contributed by atoms with Crippen LogP contribution in [0.25, 0.3) is 0 Å². The quantitative estimate of drug-likeness (QED) is 0.927. The van der Waals surface area contributed by atoms with Gasteiger partial charge in [0.1, 0.15) is 18.2 Å². The Morgan fingerprint density at radius 1 is 1.50 bits per heavy atom. The lowest BCUT2D eigenvalue weighted by atomic mass is 10.1. The molecule has 20 heavy (non-hydrogen) atoms. The zero-order valence-corrected chi connectivity index (χ0v) is 13.1. The maximum Gasteiger partial charge on any atom is 0.131 e. The molecule has 0 aliphatic rings. The van der Waals surface area contributed by atoms with Crippen molar-refractivity contribution < 1.29 is 14.2 Å². The molecule has 2 rings (SSSR count). The van der Waals surface area contributed by atoms with Crippen LogP contribution in [0, 0.1) is 12.7 Å². The summed E-state index contributed by atoms with van der Waals surface area (Å²) >= 11 is 3.45. The Morgan fingerprint density at radius 3 is 2.75 bits per heavy atom. The van der Waals surface area contributed by atoms with Gasteiger partial charge in [-0.3, -0.25) is 4.68 Å². The van der Waals surface area contributed by atoms with Gasteiger partial charge in [0.2, 0.25) is 0 Å².